The van der Waals surface area contributed by atoms with Crippen molar-refractivity contribution in [3.63, 3.8) is 0 Å². The molecule has 0 aliphatic rings. The summed E-state index contributed by atoms with van der Waals surface area (Å²) in [6.45, 7) is 0. The van der Waals surface area contributed by atoms with Gasteiger partial charge >= 0.3 is 5.97 Å². The highest BCUT2D eigenvalue weighted by Crippen LogP contribution is 2.14. The standard InChI is InChI=1S/C13H9N3O2/c17-13(10-4-2-1-3-5-10)18-11-6-7-16-12(8-11)14-9-15-16/h1-9H. The molecule has 2 aromatic heterocycles. The Bertz CT molecular complexity index is 692. The van der Waals surface area contributed by atoms with Gasteiger partial charge in [0, 0.05) is 12.3 Å². The number of pyridine rings is 1. The zero-order valence-electron chi connectivity index (χ0n) is 9.35. The second kappa shape index (κ2) is 4.29. The summed E-state index contributed by atoms with van der Waals surface area (Å²) >= 11 is 0. The van der Waals surface area contributed by atoms with E-state index in [1.165, 1.54) is 6.33 Å². The minimum Gasteiger partial charge on any atom is -0.423 e. The summed E-state index contributed by atoms with van der Waals surface area (Å²) in [5, 5.41) is 3.96. The van der Waals surface area contributed by atoms with Gasteiger partial charge in [-0.15, -0.1) is 0 Å². The van der Waals surface area contributed by atoms with E-state index in [9.17, 15) is 4.79 Å². The number of carbonyl (C=O) groups excluding carboxylic acids is 1. The summed E-state index contributed by atoms with van der Waals surface area (Å²) in [7, 11) is 0. The first kappa shape index (κ1) is 10.5. The highest BCUT2D eigenvalue weighted by molar-refractivity contribution is 5.91. The highest BCUT2D eigenvalue weighted by Gasteiger charge is 2.08. The molecule has 0 saturated heterocycles. The molecule has 2 heterocycles. The number of carbonyl (C=O) groups is 1. The van der Waals surface area contributed by atoms with Crippen LogP contribution < -0.4 is 4.74 Å². The first-order valence-electron chi connectivity index (χ1n) is 5.39. The highest BCUT2D eigenvalue weighted by atomic mass is 16.5. The van der Waals surface area contributed by atoms with E-state index in [-0.39, 0.29) is 5.97 Å². The fourth-order valence-corrected chi connectivity index (χ4v) is 1.60. The number of esters is 1. The molecule has 88 valence electrons. The van der Waals surface area contributed by atoms with Crippen molar-refractivity contribution < 1.29 is 9.53 Å². The van der Waals surface area contributed by atoms with Crippen LogP contribution in [0.25, 0.3) is 5.65 Å². The van der Waals surface area contributed by atoms with Crippen LogP contribution >= 0.6 is 0 Å². The lowest BCUT2D eigenvalue weighted by molar-refractivity contribution is 0.0735. The van der Waals surface area contributed by atoms with Gasteiger partial charge in [-0.2, -0.15) is 5.10 Å². The number of fused-ring (bicyclic) bond motifs is 1. The van der Waals surface area contributed by atoms with Crippen molar-refractivity contribution in [3.8, 4) is 5.75 Å². The predicted molar refractivity (Wildman–Crippen MR) is 64.4 cm³/mol. The minimum absolute atomic E-state index is 0.389. The van der Waals surface area contributed by atoms with E-state index < -0.39 is 0 Å². The summed E-state index contributed by atoms with van der Waals surface area (Å²) in [5.41, 5.74) is 1.15. The Morgan fingerprint density at radius 3 is 2.83 bits per heavy atom. The number of ether oxygens (including phenoxy) is 1. The summed E-state index contributed by atoms with van der Waals surface area (Å²) in [4.78, 5) is 15.8. The van der Waals surface area contributed by atoms with E-state index in [0.29, 0.717) is 17.0 Å². The zero-order valence-corrected chi connectivity index (χ0v) is 9.35. The molecular formula is C13H9N3O2. The fraction of sp³-hybridized carbons (Fsp3) is 0. The van der Waals surface area contributed by atoms with Crippen molar-refractivity contribution in [3.05, 3.63) is 60.6 Å². The van der Waals surface area contributed by atoms with Crippen molar-refractivity contribution in [1.82, 2.24) is 14.6 Å². The second-order valence-electron chi connectivity index (χ2n) is 3.68. The third kappa shape index (κ3) is 1.93. The number of benzene rings is 1. The van der Waals surface area contributed by atoms with Crippen LogP contribution in [0.1, 0.15) is 10.4 Å². The van der Waals surface area contributed by atoms with E-state index in [1.807, 2.05) is 6.07 Å². The fourth-order valence-electron chi connectivity index (χ4n) is 1.60. The molecule has 5 heteroatoms. The van der Waals surface area contributed by atoms with Gasteiger partial charge in [-0.25, -0.2) is 14.3 Å². The van der Waals surface area contributed by atoms with Crippen molar-refractivity contribution in [2.24, 2.45) is 0 Å². The largest absolute Gasteiger partial charge is 0.423 e. The van der Waals surface area contributed by atoms with Crippen molar-refractivity contribution >= 4 is 11.6 Å². The molecule has 0 saturated carbocycles. The first-order chi connectivity index (χ1) is 8.83. The lowest BCUT2D eigenvalue weighted by Crippen LogP contribution is -2.08. The van der Waals surface area contributed by atoms with E-state index in [4.69, 9.17) is 4.74 Å². The molecule has 0 unspecified atom stereocenters. The third-order valence-electron chi connectivity index (χ3n) is 2.47. The van der Waals surface area contributed by atoms with Gasteiger partial charge in [0.1, 0.15) is 12.1 Å². The van der Waals surface area contributed by atoms with Gasteiger partial charge in [-0.3, -0.25) is 0 Å². The van der Waals surface area contributed by atoms with Gasteiger partial charge in [0.15, 0.2) is 5.65 Å². The number of nitrogens with zero attached hydrogens (tertiary/aromatic N) is 3. The van der Waals surface area contributed by atoms with Crippen LogP contribution in [-0.2, 0) is 0 Å². The third-order valence-corrected chi connectivity index (χ3v) is 2.47. The topological polar surface area (TPSA) is 56.5 Å². The number of hydrogen-bond acceptors (Lipinski definition) is 4. The van der Waals surface area contributed by atoms with Gasteiger partial charge in [0.05, 0.1) is 5.56 Å². The Labute approximate surface area is 103 Å². The molecule has 0 radical (unpaired) electrons. The Morgan fingerprint density at radius 2 is 2.00 bits per heavy atom. The van der Waals surface area contributed by atoms with E-state index in [0.717, 1.165) is 0 Å². The second-order valence-corrected chi connectivity index (χ2v) is 3.68. The van der Waals surface area contributed by atoms with Gasteiger partial charge in [-0.1, -0.05) is 18.2 Å². The molecule has 0 atom stereocenters. The first-order valence-corrected chi connectivity index (χ1v) is 5.39. The molecule has 0 aliphatic heterocycles. The maximum absolute atomic E-state index is 11.8. The van der Waals surface area contributed by atoms with E-state index >= 15 is 0 Å². The van der Waals surface area contributed by atoms with E-state index in [1.54, 1.807) is 47.1 Å². The molecule has 1 aromatic carbocycles. The molecule has 0 aliphatic carbocycles. The van der Waals surface area contributed by atoms with Crippen LogP contribution in [0, 0.1) is 0 Å². The van der Waals surface area contributed by atoms with Gasteiger partial charge < -0.3 is 4.74 Å². The Morgan fingerprint density at radius 1 is 1.17 bits per heavy atom. The molecule has 0 spiro atoms. The van der Waals surface area contributed by atoms with Crippen LogP contribution in [0.3, 0.4) is 0 Å². The summed E-state index contributed by atoms with van der Waals surface area (Å²) in [6.07, 6.45) is 3.13. The Hall–Kier alpha value is -2.69. The number of aromatic nitrogens is 3. The molecule has 18 heavy (non-hydrogen) atoms. The molecule has 3 rings (SSSR count). The number of hydrogen-bond donors (Lipinski definition) is 0. The maximum Gasteiger partial charge on any atom is 0.343 e. The molecule has 3 aromatic rings. The SMILES string of the molecule is O=C(Oc1ccn2ncnc2c1)c1ccccc1. The summed E-state index contributed by atoms with van der Waals surface area (Å²) in [5.74, 6) is 0.0591. The molecular weight excluding hydrogens is 230 g/mol. The number of rotatable bonds is 2. The summed E-state index contributed by atoms with van der Waals surface area (Å²) < 4.78 is 6.85. The van der Waals surface area contributed by atoms with Crippen molar-refractivity contribution in [2.45, 2.75) is 0 Å². The zero-order chi connectivity index (χ0) is 12.4. The van der Waals surface area contributed by atoms with Gasteiger partial charge in [-0.05, 0) is 18.2 Å². The average molecular weight is 239 g/mol. The molecule has 0 amide bonds. The smallest absolute Gasteiger partial charge is 0.343 e. The maximum atomic E-state index is 11.8. The molecule has 0 fully saturated rings. The summed E-state index contributed by atoms with van der Waals surface area (Å²) in [6, 6.07) is 12.2. The predicted octanol–water partition coefficient (Wildman–Crippen LogP) is 1.95. The molecule has 0 bridgehead atoms. The molecule has 5 nitrogen and oxygen atoms in total. The van der Waals surface area contributed by atoms with Crippen LogP contribution in [-0.4, -0.2) is 20.6 Å². The van der Waals surface area contributed by atoms with Gasteiger partial charge in [0.2, 0.25) is 0 Å². The van der Waals surface area contributed by atoms with Crippen molar-refractivity contribution in [2.75, 3.05) is 0 Å². The van der Waals surface area contributed by atoms with Crippen LogP contribution in [0.5, 0.6) is 5.75 Å². The van der Waals surface area contributed by atoms with Crippen LogP contribution in [0.15, 0.2) is 55.0 Å². The Balaban J connectivity index is 1.86. The lowest BCUT2D eigenvalue weighted by atomic mass is 10.2. The molecule has 0 N–H and O–H groups in total. The van der Waals surface area contributed by atoms with Crippen LogP contribution in [0.4, 0.5) is 0 Å². The minimum atomic E-state index is -0.389. The Kier molecular flexibility index (Phi) is 2.49. The van der Waals surface area contributed by atoms with Crippen molar-refractivity contribution in [1.29, 1.82) is 0 Å². The average Bonchev–Trinajstić information content (AvgIpc) is 2.87. The monoisotopic (exact) mass is 239 g/mol. The van der Waals surface area contributed by atoms with Crippen LogP contribution in [0.2, 0.25) is 0 Å². The normalized spacial score (nSPS) is 10.4. The van der Waals surface area contributed by atoms with Gasteiger partial charge in [0.25, 0.3) is 0 Å². The van der Waals surface area contributed by atoms with E-state index in [2.05, 4.69) is 10.1 Å². The quantitative estimate of drug-likeness (QED) is 0.641. The lowest BCUT2D eigenvalue weighted by Gasteiger charge is -2.03.